The van der Waals surface area contributed by atoms with Crippen LogP contribution in [0.15, 0.2) is 12.1 Å². The molecule has 2 heterocycles. The molecule has 0 aliphatic rings. The van der Waals surface area contributed by atoms with Crippen LogP contribution in [0.3, 0.4) is 0 Å². The van der Waals surface area contributed by atoms with E-state index in [-0.39, 0.29) is 15.0 Å². The minimum Gasteiger partial charge on any atom is -0.465 e. The summed E-state index contributed by atoms with van der Waals surface area (Å²) < 4.78 is 5.38. The Morgan fingerprint density at radius 1 is 1.16 bits per heavy atom. The molecule has 2 aromatic heterocycles. The molecule has 0 radical (unpaired) electrons. The summed E-state index contributed by atoms with van der Waals surface area (Å²) >= 11 is 20.7. The van der Waals surface area contributed by atoms with Gasteiger partial charge in [-0.25, -0.2) is 9.78 Å². The van der Waals surface area contributed by atoms with Gasteiger partial charge >= 0.3 is 5.97 Å². The van der Waals surface area contributed by atoms with E-state index in [0.29, 0.717) is 30.7 Å². The third-order valence-electron chi connectivity index (χ3n) is 3.24. The van der Waals surface area contributed by atoms with Gasteiger partial charge in [0.15, 0.2) is 5.13 Å². The predicted molar refractivity (Wildman–Crippen MR) is 103 cm³/mol. The van der Waals surface area contributed by atoms with Crippen molar-refractivity contribution < 1.29 is 14.3 Å². The first-order valence-corrected chi connectivity index (χ1v) is 9.52. The van der Waals surface area contributed by atoms with Gasteiger partial charge in [0.25, 0.3) is 5.91 Å². The predicted octanol–water partition coefficient (Wildman–Crippen LogP) is 5.67. The number of aryl methyl sites for hydroxylation is 1. The molecular formula is C15H9Cl3N2O3S2. The average Bonchev–Trinajstić information content (AvgIpc) is 3.06. The Morgan fingerprint density at radius 3 is 2.56 bits per heavy atom. The van der Waals surface area contributed by atoms with Gasteiger partial charge in [-0.3, -0.25) is 10.1 Å². The SMILES string of the molecule is COC(=O)c1sc(NC(=O)c2sc3cc(Cl)cc(Cl)c3c2Cl)nc1C. The van der Waals surface area contributed by atoms with Gasteiger partial charge in [0.2, 0.25) is 0 Å². The molecule has 3 rings (SSSR count). The van der Waals surface area contributed by atoms with Gasteiger partial charge < -0.3 is 4.74 Å². The van der Waals surface area contributed by atoms with Crippen LogP contribution in [0.25, 0.3) is 10.1 Å². The van der Waals surface area contributed by atoms with Crippen molar-refractivity contribution in [3.8, 4) is 0 Å². The van der Waals surface area contributed by atoms with Crippen molar-refractivity contribution in [3.63, 3.8) is 0 Å². The summed E-state index contributed by atoms with van der Waals surface area (Å²) in [6.07, 6.45) is 0. The lowest BCUT2D eigenvalue weighted by molar-refractivity contribution is 0.0605. The van der Waals surface area contributed by atoms with Gasteiger partial charge in [0, 0.05) is 15.1 Å². The third-order valence-corrected chi connectivity index (χ3v) is 6.44. The van der Waals surface area contributed by atoms with Crippen molar-refractivity contribution in [2.45, 2.75) is 6.92 Å². The highest BCUT2D eigenvalue weighted by molar-refractivity contribution is 7.22. The average molecular weight is 436 g/mol. The molecule has 0 saturated carbocycles. The second kappa shape index (κ2) is 7.09. The number of hydrogen-bond acceptors (Lipinski definition) is 6. The molecule has 0 saturated heterocycles. The Hall–Kier alpha value is -1.38. The molecule has 0 bridgehead atoms. The smallest absolute Gasteiger partial charge is 0.350 e. The number of aromatic nitrogens is 1. The van der Waals surface area contributed by atoms with Crippen LogP contribution in [-0.2, 0) is 4.74 Å². The molecule has 0 unspecified atom stereocenters. The van der Waals surface area contributed by atoms with Crippen molar-refractivity contribution in [3.05, 3.63) is 42.6 Å². The van der Waals surface area contributed by atoms with E-state index in [1.54, 1.807) is 19.1 Å². The number of halogens is 3. The van der Waals surface area contributed by atoms with E-state index in [9.17, 15) is 9.59 Å². The van der Waals surface area contributed by atoms with E-state index in [2.05, 4.69) is 15.0 Å². The lowest BCUT2D eigenvalue weighted by Gasteiger charge is -1.99. The molecule has 3 aromatic rings. The largest absolute Gasteiger partial charge is 0.465 e. The number of fused-ring (bicyclic) bond motifs is 1. The maximum Gasteiger partial charge on any atom is 0.350 e. The number of amides is 1. The van der Waals surface area contributed by atoms with Crippen LogP contribution in [-0.4, -0.2) is 24.0 Å². The zero-order valence-corrected chi connectivity index (χ0v) is 16.7. The normalized spacial score (nSPS) is 10.9. The zero-order valence-electron chi connectivity index (χ0n) is 12.8. The van der Waals surface area contributed by atoms with E-state index >= 15 is 0 Å². The Balaban J connectivity index is 1.94. The molecule has 0 fully saturated rings. The van der Waals surface area contributed by atoms with Crippen molar-refractivity contribution in [1.82, 2.24) is 4.98 Å². The van der Waals surface area contributed by atoms with Gasteiger partial charge in [-0.2, -0.15) is 0 Å². The highest BCUT2D eigenvalue weighted by Crippen LogP contribution is 2.41. The first kappa shape index (κ1) is 18.4. The molecular weight excluding hydrogens is 427 g/mol. The Kier molecular flexibility index (Phi) is 5.22. The van der Waals surface area contributed by atoms with Gasteiger partial charge in [-0.05, 0) is 19.1 Å². The summed E-state index contributed by atoms with van der Waals surface area (Å²) in [4.78, 5) is 29.0. The fraction of sp³-hybridized carbons (Fsp3) is 0.133. The van der Waals surface area contributed by atoms with Crippen molar-refractivity contribution in [2.24, 2.45) is 0 Å². The number of carbonyl (C=O) groups excluding carboxylic acids is 2. The number of hydrogen-bond donors (Lipinski definition) is 1. The molecule has 0 aliphatic carbocycles. The third kappa shape index (κ3) is 3.47. The van der Waals surface area contributed by atoms with Crippen molar-refractivity contribution in [1.29, 1.82) is 0 Å². The summed E-state index contributed by atoms with van der Waals surface area (Å²) in [6, 6.07) is 3.26. The van der Waals surface area contributed by atoms with Crippen LogP contribution in [0.4, 0.5) is 5.13 Å². The number of nitrogens with zero attached hydrogens (tertiary/aromatic N) is 1. The summed E-state index contributed by atoms with van der Waals surface area (Å²) in [7, 11) is 1.28. The number of benzene rings is 1. The van der Waals surface area contributed by atoms with E-state index in [1.165, 1.54) is 18.4 Å². The van der Waals surface area contributed by atoms with Crippen molar-refractivity contribution >= 4 is 84.6 Å². The topological polar surface area (TPSA) is 68.3 Å². The van der Waals surface area contributed by atoms with Crippen LogP contribution < -0.4 is 5.32 Å². The molecule has 0 spiro atoms. The second-order valence-corrected chi connectivity index (χ2v) is 8.16. The molecule has 0 aliphatic heterocycles. The van der Waals surface area contributed by atoms with Gasteiger partial charge in [-0.15, -0.1) is 11.3 Å². The molecule has 0 atom stereocenters. The molecule has 10 heteroatoms. The minimum atomic E-state index is -0.503. The van der Waals surface area contributed by atoms with E-state index in [4.69, 9.17) is 34.8 Å². The number of rotatable bonds is 3. The second-order valence-electron chi connectivity index (χ2n) is 4.89. The molecule has 1 N–H and O–H groups in total. The van der Waals surface area contributed by atoms with E-state index in [1.807, 2.05) is 0 Å². The maximum absolute atomic E-state index is 12.6. The fourth-order valence-corrected chi connectivity index (χ4v) is 5.30. The van der Waals surface area contributed by atoms with Gasteiger partial charge in [0.05, 0.1) is 22.8 Å². The summed E-state index contributed by atoms with van der Waals surface area (Å²) in [6.45, 7) is 1.66. The highest BCUT2D eigenvalue weighted by atomic mass is 35.5. The number of thiophene rings is 1. The Labute approximate surface area is 165 Å². The fourth-order valence-electron chi connectivity index (χ4n) is 2.14. The van der Waals surface area contributed by atoms with Gasteiger partial charge in [0.1, 0.15) is 9.75 Å². The molecule has 25 heavy (non-hydrogen) atoms. The molecule has 1 amide bonds. The number of esters is 1. The number of methoxy groups -OCH3 is 1. The number of ether oxygens (including phenoxy) is 1. The molecule has 1 aromatic carbocycles. The van der Waals surface area contributed by atoms with Crippen LogP contribution in [0.1, 0.15) is 25.0 Å². The van der Waals surface area contributed by atoms with Crippen LogP contribution in [0, 0.1) is 6.92 Å². The van der Waals surface area contributed by atoms with Crippen LogP contribution in [0.2, 0.25) is 15.1 Å². The standard InChI is InChI=1S/C15H9Cl3N2O3S2/c1-5-11(14(22)23-2)25-15(19-5)20-13(21)12-10(18)9-7(17)3-6(16)4-8(9)24-12/h3-4H,1-2H3,(H,19,20,21). The minimum absolute atomic E-state index is 0.251. The van der Waals surface area contributed by atoms with Gasteiger partial charge in [-0.1, -0.05) is 46.1 Å². The van der Waals surface area contributed by atoms with Crippen LogP contribution >= 0.6 is 57.5 Å². The zero-order chi connectivity index (χ0) is 18.3. The first-order chi connectivity index (χ1) is 11.8. The quantitative estimate of drug-likeness (QED) is 0.539. The summed E-state index contributed by atoms with van der Waals surface area (Å²) in [5.74, 6) is -0.944. The summed E-state index contributed by atoms with van der Waals surface area (Å²) in [5.41, 5.74) is 0.476. The first-order valence-electron chi connectivity index (χ1n) is 6.76. The van der Waals surface area contributed by atoms with Crippen LogP contribution in [0.5, 0.6) is 0 Å². The number of nitrogens with one attached hydrogen (secondary N) is 1. The maximum atomic E-state index is 12.6. The number of thiazole rings is 1. The highest BCUT2D eigenvalue weighted by Gasteiger charge is 2.22. The number of carbonyl (C=O) groups is 2. The lowest BCUT2D eigenvalue weighted by atomic mass is 10.2. The summed E-state index contributed by atoms with van der Waals surface area (Å²) in [5, 5.41) is 4.59. The van der Waals surface area contributed by atoms with E-state index in [0.717, 1.165) is 11.3 Å². The van der Waals surface area contributed by atoms with E-state index < -0.39 is 11.9 Å². The van der Waals surface area contributed by atoms with Crippen molar-refractivity contribution in [2.75, 3.05) is 12.4 Å². The molecule has 130 valence electrons. The monoisotopic (exact) mass is 434 g/mol. The molecule has 5 nitrogen and oxygen atoms in total. The Bertz CT molecular complexity index is 1010. The number of anilines is 1. The lowest BCUT2D eigenvalue weighted by Crippen LogP contribution is -2.10. The Morgan fingerprint density at radius 2 is 1.88 bits per heavy atom.